The number of anilines is 1. The maximum atomic E-state index is 12.7. The van der Waals surface area contributed by atoms with Crippen LogP contribution in [0.2, 0.25) is 5.02 Å². The molecular weight excluding hydrogens is 316 g/mol. The third-order valence-corrected chi connectivity index (χ3v) is 5.31. The predicted octanol–water partition coefficient (Wildman–Crippen LogP) is 1.64. The molecule has 21 heavy (non-hydrogen) atoms. The van der Waals surface area contributed by atoms with Crippen LogP contribution in [0.5, 0.6) is 0 Å². The van der Waals surface area contributed by atoms with Gasteiger partial charge in [0.2, 0.25) is 10.0 Å². The number of sulfonamides is 1. The van der Waals surface area contributed by atoms with Gasteiger partial charge in [-0.05, 0) is 38.0 Å². The minimum absolute atomic E-state index is 0.0388. The lowest BCUT2D eigenvalue weighted by Crippen LogP contribution is -2.38. The number of ether oxygens (including phenoxy) is 1. The zero-order chi connectivity index (χ0) is 15.6. The molecule has 0 unspecified atom stereocenters. The number of carbonyl (C=O) groups excluding carboxylic acids is 1. The first-order valence-corrected chi connectivity index (χ1v) is 8.40. The van der Waals surface area contributed by atoms with E-state index in [2.05, 4.69) is 0 Å². The second-order valence-corrected chi connectivity index (χ2v) is 7.06. The van der Waals surface area contributed by atoms with Gasteiger partial charge in [0.05, 0.1) is 12.3 Å². The Morgan fingerprint density at radius 1 is 1.48 bits per heavy atom. The summed E-state index contributed by atoms with van der Waals surface area (Å²) in [5.41, 5.74) is 5.82. The highest BCUT2D eigenvalue weighted by Gasteiger charge is 2.40. The highest BCUT2D eigenvalue weighted by atomic mass is 35.5. The van der Waals surface area contributed by atoms with E-state index in [0.29, 0.717) is 5.02 Å². The quantitative estimate of drug-likeness (QED) is 0.631. The van der Waals surface area contributed by atoms with Crippen molar-refractivity contribution in [2.75, 3.05) is 18.9 Å². The van der Waals surface area contributed by atoms with Crippen molar-refractivity contribution in [2.45, 2.75) is 30.7 Å². The fourth-order valence-electron chi connectivity index (χ4n) is 1.99. The summed E-state index contributed by atoms with van der Waals surface area (Å²) < 4.78 is 31.4. The van der Waals surface area contributed by atoms with Crippen molar-refractivity contribution in [1.82, 2.24) is 4.31 Å². The van der Waals surface area contributed by atoms with Crippen LogP contribution >= 0.6 is 11.6 Å². The highest BCUT2D eigenvalue weighted by Crippen LogP contribution is 2.34. The van der Waals surface area contributed by atoms with Gasteiger partial charge in [-0.2, -0.15) is 4.31 Å². The lowest BCUT2D eigenvalue weighted by molar-refractivity contribution is -0.143. The Morgan fingerprint density at radius 3 is 2.67 bits per heavy atom. The first kappa shape index (κ1) is 16.1. The van der Waals surface area contributed by atoms with Crippen LogP contribution < -0.4 is 5.73 Å². The molecule has 1 fully saturated rings. The van der Waals surface area contributed by atoms with Crippen LogP contribution in [0, 0.1) is 0 Å². The number of rotatable bonds is 6. The van der Waals surface area contributed by atoms with Crippen molar-refractivity contribution in [3.8, 4) is 0 Å². The standard InChI is InChI=1S/C13H17ClN2O4S/c1-2-20-13(17)8-16(10-4-5-10)21(18,19)12-6-3-9(14)7-11(12)15/h3,6-7,10H,2,4-5,8,15H2,1H3. The SMILES string of the molecule is CCOC(=O)CN(C1CC1)S(=O)(=O)c1ccc(Cl)cc1N. The molecule has 0 aromatic heterocycles. The first-order chi connectivity index (χ1) is 9.86. The summed E-state index contributed by atoms with van der Waals surface area (Å²) in [6, 6.07) is 4.02. The second kappa shape index (κ2) is 6.21. The molecule has 0 amide bonds. The largest absolute Gasteiger partial charge is 0.465 e. The molecule has 1 aliphatic rings. The fraction of sp³-hybridized carbons (Fsp3) is 0.462. The van der Waals surface area contributed by atoms with E-state index >= 15 is 0 Å². The Morgan fingerprint density at radius 2 is 2.14 bits per heavy atom. The summed E-state index contributed by atoms with van der Waals surface area (Å²) in [5, 5.41) is 0.356. The summed E-state index contributed by atoms with van der Waals surface area (Å²) in [6.07, 6.45) is 1.46. The molecule has 1 aliphatic carbocycles. The zero-order valence-electron chi connectivity index (χ0n) is 11.6. The lowest BCUT2D eigenvalue weighted by atomic mass is 10.3. The molecule has 0 radical (unpaired) electrons. The van der Waals surface area contributed by atoms with E-state index in [1.165, 1.54) is 18.2 Å². The third kappa shape index (κ3) is 3.66. The van der Waals surface area contributed by atoms with Gasteiger partial charge in [-0.25, -0.2) is 8.42 Å². The number of hydrogen-bond donors (Lipinski definition) is 1. The van der Waals surface area contributed by atoms with E-state index in [9.17, 15) is 13.2 Å². The van der Waals surface area contributed by atoms with Crippen LogP contribution in [-0.2, 0) is 19.6 Å². The maximum Gasteiger partial charge on any atom is 0.321 e. The van der Waals surface area contributed by atoms with E-state index in [4.69, 9.17) is 22.1 Å². The molecule has 0 aliphatic heterocycles. The minimum Gasteiger partial charge on any atom is -0.465 e. The summed E-state index contributed by atoms with van der Waals surface area (Å²) in [4.78, 5) is 11.6. The lowest BCUT2D eigenvalue weighted by Gasteiger charge is -2.21. The number of nitrogens with two attached hydrogens (primary N) is 1. The highest BCUT2D eigenvalue weighted by molar-refractivity contribution is 7.89. The number of esters is 1. The molecule has 0 atom stereocenters. The molecule has 0 spiro atoms. The number of nitrogen functional groups attached to an aromatic ring is 1. The normalized spacial score (nSPS) is 15.2. The molecule has 1 saturated carbocycles. The van der Waals surface area contributed by atoms with E-state index < -0.39 is 16.0 Å². The van der Waals surface area contributed by atoms with Crippen molar-refractivity contribution >= 4 is 33.3 Å². The van der Waals surface area contributed by atoms with Crippen LogP contribution in [0.25, 0.3) is 0 Å². The fourth-order valence-corrected chi connectivity index (χ4v) is 3.90. The van der Waals surface area contributed by atoms with Crippen LogP contribution in [0.4, 0.5) is 5.69 Å². The Balaban J connectivity index is 2.31. The maximum absolute atomic E-state index is 12.7. The van der Waals surface area contributed by atoms with Crippen molar-refractivity contribution in [2.24, 2.45) is 0 Å². The van der Waals surface area contributed by atoms with Crippen LogP contribution in [0.1, 0.15) is 19.8 Å². The van der Waals surface area contributed by atoms with Crippen LogP contribution in [0.3, 0.4) is 0 Å². The molecule has 8 heteroatoms. The van der Waals surface area contributed by atoms with Gasteiger partial charge in [0.15, 0.2) is 0 Å². The van der Waals surface area contributed by atoms with E-state index in [1.54, 1.807) is 6.92 Å². The van der Waals surface area contributed by atoms with E-state index in [0.717, 1.165) is 17.1 Å². The van der Waals surface area contributed by atoms with Crippen molar-refractivity contribution in [3.63, 3.8) is 0 Å². The molecule has 0 saturated heterocycles. The third-order valence-electron chi connectivity index (χ3n) is 3.10. The molecule has 116 valence electrons. The molecule has 2 rings (SSSR count). The Hall–Kier alpha value is -1.31. The summed E-state index contributed by atoms with van der Waals surface area (Å²) in [6.45, 7) is 1.58. The van der Waals surface area contributed by atoms with Gasteiger partial charge < -0.3 is 10.5 Å². The Labute approximate surface area is 128 Å². The van der Waals surface area contributed by atoms with Crippen molar-refractivity contribution in [1.29, 1.82) is 0 Å². The summed E-state index contributed by atoms with van der Waals surface area (Å²) >= 11 is 5.78. The number of halogens is 1. The summed E-state index contributed by atoms with van der Waals surface area (Å²) in [7, 11) is -3.85. The minimum atomic E-state index is -3.85. The average Bonchev–Trinajstić information content (AvgIpc) is 3.19. The van der Waals surface area contributed by atoms with Gasteiger partial charge in [0.25, 0.3) is 0 Å². The van der Waals surface area contributed by atoms with Gasteiger partial charge in [0.1, 0.15) is 11.4 Å². The molecule has 6 nitrogen and oxygen atoms in total. The average molecular weight is 333 g/mol. The summed E-state index contributed by atoms with van der Waals surface area (Å²) in [5.74, 6) is -0.569. The Kier molecular flexibility index (Phi) is 4.75. The molecular formula is C13H17ClN2O4S. The van der Waals surface area contributed by atoms with Crippen molar-refractivity contribution < 1.29 is 17.9 Å². The van der Waals surface area contributed by atoms with Gasteiger partial charge in [0, 0.05) is 11.1 Å². The van der Waals surface area contributed by atoms with Crippen LogP contribution in [0.15, 0.2) is 23.1 Å². The van der Waals surface area contributed by atoms with Crippen molar-refractivity contribution in [3.05, 3.63) is 23.2 Å². The molecule has 1 aromatic rings. The topological polar surface area (TPSA) is 89.7 Å². The number of benzene rings is 1. The van der Waals surface area contributed by atoms with E-state index in [1.807, 2.05) is 0 Å². The van der Waals surface area contributed by atoms with E-state index in [-0.39, 0.29) is 29.8 Å². The Bertz CT molecular complexity index is 644. The van der Waals surface area contributed by atoms with Gasteiger partial charge in [-0.15, -0.1) is 0 Å². The molecule has 0 heterocycles. The molecule has 1 aromatic carbocycles. The number of nitrogens with zero attached hydrogens (tertiary/aromatic N) is 1. The predicted molar refractivity (Wildman–Crippen MR) is 79.4 cm³/mol. The first-order valence-electron chi connectivity index (χ1n) is 6.58. The van der Waals surface area contributed by atoms with Gasteiger partial charge in [-0.1, -0.05) is 11.6 Å². The second-order valence-electron chi connectivity index (χ2n) is 4.77. The number of carbonyl (C=O) groups is 1. The zero-order valence-corrected chi connectivity index (χ0v) is 13.2. The molecule has 2 N–H and O–H groups in total. The number of hydrogen-bond acceptors (Lipinski definition) is 5. The molecule has 0 bridgehead atoms. The van der Waals surface area contributed by atoms with Gasteiger partial charge in [-0.3, -0.25) is 4.79 Å². The monoisotopic (exact) mass is 332 g/mol. The smallest absolute Gasteiger partial charge is 0.321 e. The van der Waals surface area contributed by atoms with Gasteiger partial charge >= 0.3 is 5.97 Å². The van der Waals surface area contributed by atoms with Crippen LogP contribution in [-0.4, -0.2) is 37.9 Å².